The van der Waals surface area contributed by atoms with Crippen molar-refractivity contribution in [2.45, 2.75) is 44.6 Å². The molecule has 1 aliphatic carbocycles. The maximum atomic E-state index is 12.3. The van der Waals surface area contributed by atoms with E-state index in [1.54, 1.807) is 0 Å². The summed E-state index contributed by atoms with van der Waals surface area (Å²) in [6.07, 6.45) is 3.06. The molecule has 19 heavy (non-hydrogen) atoms. The molecule has 0 atom stereocenters. The van der Waals surface area contributed by atoms with Crippen molar-refractivity contribution in [2.75, 3.05) is 13.2 Å². The summed E-state index contributed by atoms with van der Waals surface area (Å²) in [4.78, 5) is 12.3. The summed E-state index contributed by atoms with van der Waals surface area (Å²) in [7, 11) is 0. The fraction of sp³-hybridized carbons (Fsp3) is 0.562. The first-order valence-corrected chi connectivity index (χ1v) is 7.10. The van der Waals surface area contributed by atoms with Crippen molar-refractivity contribution in [3.05, 3.63) is 35.9 Å². The predicted molar refractivity (Wildman–Crippen MR) is 76.1 cm³/mol. The molecule has 0 saturated heterocycles. The summed E-state index contributed by atoms with van der Waals surface area (Å²) >= 11 is 0. The van der Waals surface area contributed by atoms with Crippen LogP contribution in [-0.4, -0.2) is 25.2 Å². The fourth-order valence-corrected chi connectivity index (χ4v) is 2.29. The van der Waals surface area contributed by atoms with E-state index >= 15 is 0 Å². The second-order valence-corrected chi connectivity index (χ2v) is 5.48. The van der Waals surface area contributed by atoms with Crippen molar-refractivity contribution in [1.29, 1.82) is 0 Å². The first-order valence-electron chi connectivity index (χ1n) is 7.10. The average molecular weight is 261 g/mol. The zero-order chi connectivity index (χ0) is 13.7. The number of hydrogen-bond donors (Lipinski definition) is 1. The number of benzene rings is 1. The van der Waals surface area contributed by atoms with Crippen LogP contribution in [0.15, 0.2) is 30.3 Å². The van der Waals surface area contributed by atoms with E-state index in [0.29, 0.717) is 13.2 Å². The number of nitrogens with one attached hydrogen (secondary N) is 1. The van der Waals surface area contributed by atoms with Gasteiger partial charge in [0.25, 0.3) is 0 Å². The molecule has 104 valence electrons. The Hall–Kier alpha value is -1.35. The fourth-order valence-electron chi connectivity index (χ4n) is 2.29. The lowest BCUT2D eigenvalue weighted by Crippen LogP contribution is -2.35. The zero-order valence-corrected chi connectivity index (χ0v) is 11.8. The van der Waals surface area contributed by atoms with Crippen LogP contribution in [0, 0.1) is 0 Å². The van der Waals surface area contributed by atoms with Gasteiger partial charge in [0.2, 0.25) is 5.91 Å². The van der Waals surface area contributed by atoms with Crippen molar-refractivity contribution in [3.63, 3.8) is 0 Å². The molecule has 0 unspecified atom stereocenters. The van der Waals surface area contributed by atoms with E-state index in [9.17, 15) is 4.79 Å². The summed E-state index contributed by atoms with van der Waals surface area (Å²) in [6, 6.07) is 10.1. The molecule has 0 aliphatic heterocycles. The molecule has 0 aromatic heterocycles. The Morgan fingerprint density at radius 1 is 1.32 bits per heavy atom. The molecule has 0 heterocycles. The average Bonchev–Trinajstić information content (AvgIpc) is 3.20. The number of hydrogen-bond acceptors (Lipinski definition) is 2. The van der Waals surface area contributed by atoms with Gasteiger partial charge in [0.1, 0.15) is 0 Å². The van der Waals surface area contributed by atoms with E-state index in [4.69, 9.17) is 4.74 Å². The standard InChI is InChI=1S/C16H23NO2/c1-13(2)19-12-6-11-17-15(18)16(9-10-16)14-7-4-3-5-8-14/h3-5,7-8,13H,6,9-12H2,1-2H3,(H,17,18). The molecule has 1 saturated carbocycles. The van der Waals surface area contributed by atoms with Gasteiger partial charge in [-0.2, -0.15) is 0 Å². The molecule has 1 aliphatic rings. The van der Waals surface area contributed by atoms with Crippen molar-refractivity contribution < 1.29 is 9.53 Å². The first kappa shape index (κ1) is 14.1. The maximum Gasteiger partial charge on any atom is 0.230 e. The van der Waals surface area contributed by atoms with Gasteiger partial charge in [-0.25, -0.2) is 0 Å². The normalized spacial score (nSPS) is 16.4. The Balaban J connectivity index is 1.78. The van der Waals surface area contributed by atoms with Crippen LogP contribution in [0.5, 0.6) is 0 Å². The van der Waals surface area contributed by atoms with E-state index < -0.39 is 0 Å². The molecule has 2 rings (SSSR count). The highest BCUT2D eigenvalue weighted by atomic mass is 16.5. The van der Waals surface area contributed by atoms with Gasteiger partial charge in [0.15, 0.2) is 0 Å². The number of amides is 1. The van der Waals surface area contributed by atoms with Crippen molar-refractivity contribution >= 4 is 5.91 Å². The molecule has 1 aromatic rings. The Kier molecular flexibility index (Phi) is 4.59. The van der Waals surface area contributed by atoms with Crippen LogP contribution < -0.4 is 5.32 Å². The highest BCUT2D eigenvalue weighted by Crippen LogP contribution is 2.48. The van der Waals surface area contributed by atoms with Gasteiger partial charge >= 0.3 is 0 Å². The topological polar surface area (TPSA) is 38.3 Å². The van der Waals surface area contributed by atoms with Crippen LogP contribution >= 0.6 is 0 Å². The molecular formula is C16H23NO2. The van der Waals surface area contributed by atoms with Crippen molar-refractivity contribution in [1.82, 2.24) is 5.32 Å². The van der Waals surface area contributed by atoms with Crippen molar-refractivity contribution in [3.8, 4) is 0 Å². The quantitative estimate of drug-likeness (QED) is 0.766. The molecule has 0 radical (unpaired) electrons. The van der Waals surface area contributed by atoms with E-state index in [1.165, 1.54) is 0 Å². The number of carbonyl (C=O) groups excluding carboxylic acids is 1. The minimum atomic E-state index is -0.250. The highest BCUT2D eigenvalue weighted by Gasteiger charge is 2.50. The molecule has 1 fully saturated rings. The smallest absolute Gasteiger partial charge is 0.230 e. The monoisotopic (exact) mass is 261 g/mol. The molecule has 0 bridgehead atoms. The molecule has 1 amide bonds. The Labute approximate surface area is 115 Å². The first-order chi connectivity index (χ1) is 9.15. The van der Waals surface area contributed by atoms with Crippen molar-refractivity contribution in [2.24, 2.45) is 0 Å². The maximum absolute atomic E-state index is 12.3. The molecule has 1 N–H and O–H groups in total. The lowest BCUT2D eigenvalue weighted by Gasteiger charge is -2.16. The summed E-state index contributed by atoms with van der Waals surface area (Å²) < 4.78 is 5.46. The van der Waals surface area contributed by atoms with Crippen LogP contribution in [0.4, 0.5) is 0 Å². The Morgan fingerprint density at radius 3 is 2.58 bits per heavy atom. The molecule has 0 spiro atoms. The number of carbonyl (C=O) groups is 1. The SMILES string of the molecule is CC(C)OCCCNC(=O)C1(c2ccccc2)CC1. The third-order valence-electron chi connectivity index (χ3n) is 3.57. The van der Waals surface area contributed by atoms with Gasteiger partial charge < -0.3 is 10.1 Å². The minimum Gasteiger partial charge on any atom is -0.379 e. The third-order valence-corrected chi connectivity index (χ3v) is 3.57. The van der Waals surface area contributed by atoms with Crippen LogP contribution in [0.1, 0.15) is 38.7 Å². The Morgan fingerprint density at radius 2 is 2.00 bits per heavy atom. The molecule has 3 heteroatoms. The lowest BCUT2D eigenvalue weighted by molar-refractivity contribution is -0.123. The Bertz CT molecular complexity index is 410. The number of ether oxygens (including phenoxy) is 1. The summed E-state index contributed by atoms with van der Waals surface area (Å²) in [5.41, 5.74) is 0.895. The van der Waals surface area contributed by atoms with Crippen LogP contribution in [0.3, 0.4) is 0 Å². The second kappa shape index (κ2) is 6.20. The largest absolute Gasteiger partial charge is 0.379 e. The lowest BCUT2D eigenvalue weighted by atomic mass is 9.95. The van der Waals surface area contributed by atoms with Gasteiger partial charge in [-0.05, 0) is 38.7 Å². The summed E-state index contributed by atoms with van der Waals surface area (Å²) in [5.74, 6) is 0.170. The minimum absolute atomic E-state index is 0.170. The van der Waals surface area contributed by atoms with Crippen LogP contribution in [0.2, 0.25) is 0 Å². The van der Waals surface area contributed by atoms with Gasteiger partial charge in [-0.15, -0.1) is 0 Å². The van der Waals surface area contributed by atoms with Gasteiger partial charge in [-0.1, -0.05) is 30.3 Å². The van der Waals surface area contributed by atoms with E-state index in [2.05, 4.69) is 17.4 Å². The highest BCUT2D eigenvalue weighted by molar-refractivity contribution is 5.91. The van der Waals surface area contributed by atoms with Gasteiger partial charge in [0, 0.05) is 13.2 Å². The molecule has 3 nitrogen and oxygen atoms in total. The van der Waals surface area contributed by atoms with E-state index in [1.807, 2.05) is 32.0 Å². The van der Waals surface area contributed by atoms with Crippen LogP contribution in [-0.2, 0) is 14.9 Å². The molecule has 1 aromatic carbocycles. The summed E-state index contributed by atoms with van der Waals surface area (Å²) in [5, 5.41) is 3.04. The zero-order valence-electron chi connectivity index (χ0n) is 11.8. The van der Waals surface area contributed by atoms with E-state index in [-0.39, 0.29) is 17.4 Å². The second-order valence-electron chi connectivity index (χ2n) is 5.48. The van der Waals surface area contributed by atoms with Gasteiger partial charge in [0.05, 0.1) is 11.5 Å². The van der Waals surface area contributed by atoms with Crippen LogP contribution in [0.25, 0.3) is 0 Å². The predicted octanol–water partition coefficient (Wildman–Crippen LogP) is 2.65. The van der Waals surface area contributed by atoms with Gasteiger partial charge in [-0.3, -0.25) is 4.79 Å². The third kappa shape index (κ3) is 3.57. The number of rotatable bonds is 7. The molecular weight excluding hydrogens is 238 g/mol. The van der Waals surface area contributed by atoms with E-state index in [0.717, 1.165) is 24.8 Å². The summed E-state index contributed by atoms with van der Waals surface area (Å²) in [6.45, 7) is 5.44.